The van der Waals surface area contributed by atoms with Gasteiger partial charge in [0, 0.05) is 31.2 Å². The molecule has 0 amide bonds. The van der Waals surface area contributed by atoms with Gasteiger partial charge in [0.15, 0.2) is 5.01 Å². The highest BCUT2D eigenvalue weighted by Crippen LogP contribution is 2.30. The fourth-order valence-corrected chi connectivity index (χ4v) is 4.98. The Kier molecular flexibility index (Phi) is 4.54. The maximum Gasteiger partial charge on any atom is 0.291 e. The molecule has 0 saturated carbocycles. The maximum absolute atomic E-state index is 9.46. The summed E-state index contributed by atoms with van der Waals surface area (Å²) in [5, 5.41) is 17.8. The number of hydrogen-bond donors (Lipinski definition) is 1. The zero-order valence-electron chi connectivity index (χ0n) is 15.4. The van der Waals surface area contributed by atoms with Gasteiger partial charge >= 0.3 is 0 Å². The van der Waals surface area contributed by atoms with E-state index in [0.717, 1.165) is 54.2 Å². The average molecular weight is 410 g/mol. The lowest BCUT2D eigenvalue weighted by Gasteiger charge is -2.27. The monoisotopic (exact) mass is 409 g/mol. The third-order valence-electron chi connectivity index (χ3n) is 5.39. The predicted molar refractivity (Wildman–Crippen MR) is 112 cm³/mol. The van der Waals surface area contributed by atoms with Gasteiger partial charge in [0.25, 0.3) is 5.19 Å². The fraction of sp³-hybridized carbons (Fsp3) is 0.300. The van der Waals surface area contributed by atoms with Gasteiger partial charge < -0.3 is 5.11 Å². The van der Waals surface area contributed by atoms with Crippen LogP contribution < -0.4 is 0 Å². The summed E-state index contributed by atoms with van der Waals surface area (Å²) >= 11 is 2.84. The first-order chi connectivity index (χ1) is 13.7. The van der Waals surface area contributed by atoms with Crippen LogP contribution in [0.15, 0.2) is 35.8 Å². The van der Waals surface area contributed by atoms with E-state index in [4.69, 9.17) is 4.98 Å². The summed E-state index contributed by atoms with van der Waals surface area (Å²) in [6.07, 6.45) is 1.88. The summed E-state index contributed by atoms with van der Waals surface area (Å²) in [5.41, 5.74) is 7.50. The van der Waals surface area contributed by atoms with Crippen LogP contribution in [0.4, 0.5) is 0 Å². The van der Waals surface area contributed by atoms with E-state index in [-0.39, 0.29) is 5.19 Å². The number of pyridine rings is 1. The Labute approximate surface area is 170 Å². The van der Waals surface area contributed by atoms with Crippen molar-refractivity contribution in [1.29, 1.82) is 0 Å². The summed E-state index contributed by atoms with van der Waals surface area (Å²) < 4.78 is 1.23. The Bertz CT molecular complexity index is 1140. The second kappa shape index (κ2) is 7.20. The lowest BCUT2D eigenvalue weighted by atomic mass is 10.1. The molecule has 1 aliphatic rings. The van der Waals surface area contributed by atoms with E-state index in [0.29, 0.717) is 11.0 Å². The van der Waals surface area contributed by atoms with Crippen molar-refractivity contribution >= 4 is 32.9 Å². The van der Waals surface area contributed by atoms with Crippen molar-refractivity contribution in [2.45, 2.75) is 25.8 Å². The third kappa shape index (κ3) is 3.28. The minimum atomic E-state index is -0.0242. The van der Waals surface area contributed by atoms with Gasteiger partial charge in [-0.25, -0.2) is 9.97 Å². The maximum atomic E-state index is 9.46. The van der Waals surface area contributed by atoms with Crippen LogP contribution in [-0.2, 0) is 12.8 Å². The minimum absolute atomic E-state index is 0.0242. The minimum Gasteiger partial charge on any atom is -0.485 e. The number of fused-ring (bicyclic) bond motifs is 2. The van der Waals surface area contributed by atoms with Crippen molar-refractivity contribution in [1.82, 2.24) is 25.1 Å². The van der Waals surface area contributed by atoms with Gasteiger partial charge in [-0.05, 0) is 42.7 Å². The van der Waals surface area contributed by atoms with E-state index < -0.39 is 0 Å². The summed E-state index contributed by atoms with van der Waals surface area (Å²) in [4.78, 5) is 11.8. The zero-order valence-corrected chi connectivity index (χ0v) is 17.0. The van der Waals surface area contributed by atoms with E-state index in [9.17, 15) is 5.11 Å². The van der Waals surface area contributed by atoms with Gasteiger partial charge in [0.1, 0.15) is 5.69 Å². The second-order valence-electron chi connectivity index (χ2n) is 6.98. The van der Waals surface area contributed by atoms with Crippen LogP contribution in [0.2, 0.25) is 0 Å². The number of benzene rings is 1. The van der Waals surface area contributed by atoms with Crippen LogP contribution in [0.1, 0.15) is 29.8 Å². The molecule has 0 radical (unpaired) electrons. The standard InChI is InChI=1S/C20H19N5OS2/c1-12(14-3-5-18-17(10-14)21-11-27-18)25-8-6-13-2-4-16(22-15(13)7-9-25)19-23-24-20(26)28-19/h2-5,10-12H,6-9H2,1H3,(H,24,26)/t12-/m0/s1. The van der Waals surface area contributed by atoms with E-state index in [2.05, 4.69) is 51.3 Å². The molecule has 0 fully saturated rings. The van der Waals surface area contributed by atoms with Gasteiger partial charge in [-0.15, -0.1) is 16.4 Å². The second-order valence-corrected chi connectivity index (χ2v) is 8.83. The molecule has 0 bridgehead atoms. The fourth-order valence-electron chi connectivity index (χ4n) is 3.77. The van der Waals surface area contributed by atoms with Crippen molar-refractivity contribution < 1.29 is 5.11 Å². The number of rotatable bonds is 3. The SMILES string of the molecule is C[C@@H](c1ccc2scnc2c1)N1CCc2ccc(-c3nnc(O)s3)nc2CC1. The number of aromatic hydroxyl groups is 1. The molecular formula is C20H19N5OS2. The third-order valence-corrected chi connectivity index (χ3v) is 6.95. The van der Waals surface area contributed by atoms with E-state index in [1.54, 1.807) is 11.3 Å². The molecule has 4 aromatic rings. The molecule has 1 aromatic carbocycles. The molecule has 3 aromatic heterocycles. The number of thiazole rings is 1. The Hall–Kier alpha value is -2.42. The molecule has 142 valence electrons. The largest absolute Gasteiger partial charge is 0.485 e. The van der Waals surface area contributed by atoms with Crippen molar-refractivity contribution in [3.63, 3.8) is 0 Å². The lowest BCUT2D eigenvalue weighted by molar-refractivity contribution is 0.221. The molecule has 0 spiro atoms. The zero-order chi connectivity index (χ0) is 19.1. The molecule has 1 atom stereocenters. The highest BCUT2D eigenvalue weighted by Gasteiger charge is 2.21. The molecule has 0 aliphatic carbocycles. The topological polar surface area (TPSA) is 75.0 Å². The molecule has 4 heterocycles. The molecule has 28 heavy (non-hydrogen) atoms. The first kappa shape index (κ1) is 17.7. The number of nitrogens with zero attached hydrogens (tertiary/aromatic N) is 5. The van der Waals surface area contributed by atoms with Crippen LogP contribution in [-0.4, -0.2) is 43.3 Å². The van der Waals surface area contributed by atoms with Gasteiger partial charge in [-0.2, -0.15) is 0 Å². The van der Waals surface area contributed by atoms with Gasteiger partial charge in [-0.1, -0.05) is 28.6 Å². The highest BCUT2D eigenvalue weighted by atomic mass is 32.1. The van der Waals surface area contributed by atoms with Crippen molar-refractivity contribution in [3.8, 4) is 15.9 Å². The molecule has 5 rings (SSSR count). The van der Waals surface area contributed by atoms with Gasteiger partial charge in [0.05, 0.1) is 15.7 Å². The Morgan fingerprint density at radius 3 is 2.86 bits per heavy atom. The Morgan fingerprint density at radius 1 is 1.11 bits per heavy atom. The first-order valence-corrected chi connectivity index (χ1v) is 11.0. The molecule has 0 saturated heterocycles. The molecular weight excluding hydrogens is 390 g/mol. The summed E-state index contributed by atoms with van der Waals surface area (Å²) in [6.45, 7) is 4.23. The molecule has 1 aliphatic heterocycles. The van der Waals surface area contributed by atoms with Crippen molar-refractivity contribution in [2.24, 2.45) is 0 Å². The normalized spacial score (nSPS) is 16.0. The van der Waals surface area contributed by atoms with Crippen molar-refractivity contribution in [3.05, 3.63) is 52.7 Å². The summed E-state index contributed by atoms with van der Waals surface area (Å²) in [7, 11) is 0. The lowest BCUT2D eigenvalue weighted by Crippen LogP contribution is -2.29. The van der Waals surface area contributed by atoms with Crippen LogP contribution in [0.25, 0.3) is 20.9 Å². The van der Waals surface area contributed by atoms with Crippen LogP contribution in [0.5, 0.6) is 5.19 Å². The quantitative estimate of drug-likeness (QED) is 0.550. The first-order valence-electron chi connectivity index (χ1n) is 9.26. The Balaban J connectivity index is 1.36. The van der Waals surface area contributed by atoms with Crippen LogP contribution in [0.3, 0.4) is 0 Å². The predicted octanol–water partition coefficient (Wildman–Crippen LogP) is 4.08. The molecule has 8 heteroatoms. The van der Waals surface area contributed by atoms with Crippen LogP contribution in [0, 0.1) is 0 Å². The van der Waals surface area contributed by atoms with E-state index >= 15 is 0 Å². The summed E-state index contributed by atoms with van der Waals surface area (Å²) in [5.74, 6) is 0. The molecule has 0 unspecified atom stereocenters. The van der Waals surface area contributed by atoms with Gasteiger partial charge in [-0.3, -0.25) is 4.90 Å². The van der Waals surface area contributed by atoms with Crippen molar-refractivity contribution in [2.75, 3.05) is 13.1 Å². The van der Waals surface area contributed by atoms with E-state index in [1.165, 1.54) is 15.8 Å². The number of hydrogen-bond acceptors (Lipinski definition) is 8. The average Bonchev–Trinajstić information content (AvgIpc) is 3.30. The molecule has 1 N–H and O–H groups in total. The van der Waals surface area contributed by atoms with E-state index in [1.807, 2.05) is 11.6 Å². The highest BCUT2D eigenvalue weighted by molar-refractivity contribution is 7.16. The van der Waals surface area contributed by atoms with Gasteiger partial charge in [0.2, 0.25) is 0 Å². The molecule has 6 nitrogen and oxygen atoms in total. The summed E-state index contributed by atoms with van der Waals surface area (Å²) in [6, 6.07) is 11.1. The Morgan fingerprint density at radius 2 is 2.00 bits per heavy atom. The number of aromatic nitrogens is 4. The smallest absolute Gasteiger partial charge is 0.291 e. The van der Waals surface area contributed by atoms with Crippen LogP contribution >= 0.6 is 22.7 Å².